The third-order valence-corrected chi connectivity index (χ3v) is 1.63. The molecule has 0 aromatic heterocycles. The van der Waals surface area contributed by atoms with E-state index >= 15 is 0 Å². The molecule has 11 heavy (non-hydrogen) atoms. The van der Waals surface area contributed by atoms with Gasteiger partial charge >= 0.3 is 0 Å². The summed E-state index contributed by atoms with van der Waals surface area (Å²) in [6.07, 6.45) is 5.86. The van der Waals surface area contributed by atoms with Crippen molar-refractivity contribution in [2.75, 3.05) is 0 Å². The molecule has 0 fully saturated rings. The third kappa shape index (κ3) is 0.887. The van der Waals surface area contributed by atoms with Crippen molar-refractivity contribution in [1.82, 2.24) is 0 Å². The van der Waals surface area contributed by atoms with E-state index in [2.05, 4.69) is 16.1 Å². The Balaban J connectivity index is 2.39. The number of rotatable bonds is 0. The Morgan fingerprint density at radius 2 is 2.45 bits per heavy atom. The van der Waals surface area contributed by atoms with E-state index in [0.717, 1.165) is 11.4 Å². The Labute approximate surface area is 64.1 Å². The van der Waals surface area contributed by atoms with Crippen LogP contribution >= 0.6 is 0 Å². The van der Waals surface area contributed by atoms with Crippen LogP contribution in [0.2, 0.25) is 0 Å². The molecule has 3 nitrogen and oxygen atoms in total. The number of aliphatic imine (C=N–C) groups is 2. The summed E-state index contributed by atoms with van der Waals surface area (Å²) in [6.45, 7) is 0. The summed E-state index contributed by atoms with van der Waals surface area (Å²) in [5, 5.41) is 8.56. The van der Waals surface area contributed by atoms with E-state index < -0.39 is 0 Å². The van der Waals surface area contributed by atoms with Gasteiger partial charge in [-0.15, -0.1) is 0 Å². The Morgan fingerprint density at radius 3 is 3.27 bits per heavy atom. The highest BCUT2D eigenvalue weighted by molar-refractivity contribution is 6.12. The Hall–Kier alpha value is -1.69. The van der Waals surface area contributed by atoms with Crippen LogP contribution in [0.3, 0.4) is 0 Å². The molecule has 0 unspecified atom stereocenters. The number of nitriles is 1. The second-order valence-corrected chi connectivity index (χ2v) is 2.37. The van der Waals surface area contributed by atoms with Crippen molar-refractivity contribution in [3.8, 4) is 6.07 Å². The predicted octanol–water partition coefficient (Wildman–Crippen LogP) is 1.21. The van der Waals surface area contributed by atoms with Crippen LogP contribution < -0.4 is 0 Å². The minimum absolute atomic E-state index is 0.676. The van der Waals surface area contributed by atoms with E-state index in [-0.39, 0.29) is 0 Å². The van der Waals surface area contributed by atoms with Crippen molar-refractivity contribution in [1.29, 1.82) is 5.26 Å². The normalized spacial score (nSPS) is 19.7. The first-order chi connectivity index (χ1) is 5.40. The fourth-order valence-corrected chi connectivity index (χ4v) is 1.07. The molecule has 0 aromatic carbocycles. The minimum Gasteiger partial charge on any atom is -0.237 e. The molecule has 2 heterocycles. The summed E-state index contributed by atoms with van der Waals surface area (Å²) < 4.78 is 0. The molecule has 0 aromatic rings. The third-order valence-electron chi connectivity index (χ3n) is 1.63. The molecule has 0 atom stereocenters. The first-order valence-corrected chi connectivity index (χ1v) is 3.31. The molecule has 0 saturated heterocycles. The molecule has 52 valence electrons. The van der Waals surface area contributed by atoms with E-state index in [0.29, 0.717) is 12.0 Å². The van der Waals surface area contributed by atoms with E-state index in [1.165, 1.54) is 0 Å². The molecule has 2 rings (SSSR count). The maximum absolute atomic E-state index is 8.56. The van der Waals surface area contributed by atoms with Gasteiger partial charge in [0.25, 0.3) is 0 Å². The van der Waals surface area contributed by atoms with Gasteiger partial charge in [0, 0.05) is 24.4 Å². The van der Waals surface area contributed by atoms with Gasteiger partial charge in [-0.1, -0.05) is 0 Å². The van der Waals surface area contributed by atoms with Gasteiger partial charge in [0.2, 0.25) is 0 Å². The van der Waals surface area contributed by atoms with Crippen LogP contribution in [0.15, 0.2) is 33.4 Å². The molecule has 0 amide bonds. The Kier molecular flexibility index (Phi) is 1.19. The lowest BCUT2D eigenvalue weighted by atomic mass is 10.1. The van der Waals surface area contributed by atoms with Crippen LogP contribution in [0.5, 0.6) is 0 Å². The number of nitrogens with zero attached hydrogens (tertiary/aromatic N) is 3. The highest BCUT2D eigenvalue weighted by atomic mass is 14.9. The van der Waals surface area contributed by atoms with Crippen molar-refractivity contribution < 1.29 is 0 Å². The second kappa shape index (κ2) is 2.17. The van der Waals surface area contributed by atoms with Crippen molar-refractivity contribution in [2.24, 2.45) is 9.98 Å². The van der Waals surface area contributed by atoms with Gasteiger partial charge in [0.15, 0.2) is 5.84 Å². The molecule has 2 aliphatic rings. The average molecular weight is 143 g/mol. The summed E-state index contributed by atoms with van der Waals surface area (Å²) in [5.41, 5.74) is 1.74. The van der Waals surface area contributed by atoms with Crippen molar-refractivity contribution >= 4 is 12.1 Å². The maximum atomic E-state index is 8.56. The summed E-state index contributed by atoms with van der Waals surface area (Å²) in [7, 11) is 0. The number of hydrogen-bond donors (Lipinski definition) is 0. The number of hydrogen-bond acceptors (Lipinski definition) is 3. The summed E-state index contributed by atoms with van der Waals surface area (Å²) in [6, 6.07) is 2.07. The molecule has 0 bridgehead atoms. The zero-order chi connectivity index (χ0) is 7.68. The fourth-order valence-electron chi connectivity index (χ4n) is 1.07. The number of allylic oxidation sites excluding steroid dienone is 2. The van der Waals surface area contributed by atoms with Crippen LogP contribution in [0, 0.1) is 11.3 Å². The zero-order valence-electron chi connectivity index (χ0n) is 5.78. The summed E-state index contributed by atoms with van der Waals surface area (Å²) in [5.74, 6) is 0.754. The lowest BCUT2D eigenvalue weighted by Crippen LogP contribution is -2.00. The Morgan fingerprint density at radius 1 is 1.55 bits per heavy atom. The van der Waals surface area contributed by atoms with Crippen LogP contribution in [-0.2, 0) is 0 Å². The minimum atomic E-state index is 0.676. The van der Waals surface area contributed by atoms with E-state index in [1.807, 2.05) is 6.08 Å². The van der Waals surface area contributed by atoms with Gasteiger partial charge in [-0.25, -0.2) is 9.98 Å². The summed E-state index contributed by atoms with van der Waals surface area (Å²) >= 11 is 0. The fraction of sp³-hybridized carbons (Fsp3) is 0.125. The van der Waals surface area contributed by atoms with Gasteiger partial charge in [0.1, 0.15) is 0 Å². The lowest BCUT2D eigenvalue weighted by Gasteiger charge is -2.04. The van der Waals surface area contributed by atoms with Crippen molar-refractivity contribution in [3.05, 3.63) is 23.4 Å². The van der Waals surface area contributed by atoms with Gasteiger partial charge in [-0.3, -0.25) is 0 Å². The quantitative estimate of drug-likeness (QED) is 0.502. The van der Waals surface area contributed by atoms with Gasteiger partial charge in [-0.2, -0.15) is 5.26 Å². The predicted molar refractivity (Wildman–Crippen MR) is 42.3 cm³/mol. The van der Waals surface area contributed by atoms with E-state index in [4.69, 9.17) is 5.26 Å². The molecule has 0 aliphatic carbocycles. The van der Waals surface area contributed by atoms with Crippen molar-refractivity contribution in [3.63, 3.8) is 0 Å². The second-order valence-electron chi connectivity index (χ2n) is 2.37. The zero-order valence-corrected chi connectivity index (χ0v) is 5.78. The Bertz CT molecular complexity index is 350. The van der Waals surface area contributed by atoms with Gasteiger partial charge < -0.3 is 0 Å². The highest BCUT2D eigenvalue weighted by Crippen LogP contribution is 2.20. The maximum Gasteiger partial charge on any atom is 0.155 e. The molecule has 0 spiro atoms. The first kappa shape index (κ1) is 6.05. The van der Waals surface area contributed by atoms with Gasteiger partial charge in [0.05, 0.1) is 11.6 Å². The molecule has 0 N–H and O–H groups in total. The smallest absolute Gasteiger partial charge is 0.155 e. The molecular formula is C8H5N3. The number of fused-ring (bicyclic) bond motifs is 1. The SMILES string of the molecule is N#CC1=CN=C2N=CC=C2C1. The summed E-state index contributed by atoms with van der Waals surface area (Å²) in [4.78, 5) is 8.01. The molecule has 3 heteroatoms. The molecule has 0 radical (unpaired) electrons. The highest BCUT2D eigenvalue weighted by Gasteiger charge is 2.14. The molecule has 0 saturated carbocycles. The monoisotopic (exact) mass is 143 g/mol. The number of amidine groups is 1. The molecular weight excluding hydrogens is 138 g/mol. The van der Waals surface area contributed by atoms with Crippen LogP contribution in [0.1, 0.15) is 6.42 Å². The standard InChI is InChI=1S/C8H5N3/c9-4-6-3-7-1-2-10-8(7)11-5-6/h1-2,5H,3H2. The van der Waals surface area contributed by atoms with Crippen LogP contribution in [-0.4, -0.2) is 12.1 Å². The first-order valence-electron chi connectivity index (χ1n) is 3.31. The van der Waals surface area contributed by atoms with E-state index in [1.54, 1.807) is 12.4 Å². The average Bonchev–Trinajstić information content (AvgIpc) is 2.50. The van der Waals surface area contributed by atoms with Crippen LogP contribution in [0.4, 0.5) is 0 Å². The van der Waals surface area contributed by atoms with E-state index in [9.17, 15) is 0 Å². The topological polar surface area (TPSA) is 48.5 Å². The van der Waals surface area contributed by atoms with Crippen molar-refractivity contribution in [2.45, 2.75) is 6.42 Å². The largest absolute Gasteiger partial charge is 0.237 e. The lowest BCUT2D eigenvalue weighted by molar-refractivity contribution is 1.17. The van der Waals surface area contributed by atoms with Crippen LogP contribution in [0.25, 0.3) is 0 Å². The van der Waals surface area contributed by atoms with Gasteiger partial charge in [-0.05, 0) is 6.08 Å². The molecule has 2 aliphatic heterocycles.